The van der Waals surface area contributed by atoms with Crippen molar-refractivity contribution in [2.24, 2.45) is 0 Å². The molecule has 1 unspecified atom stereocenters. The van der Waals surface area contributed by atoms with Crippen LogP contribution in [0.15, 0.2) is 35.1 Å². The molecular formula is C16H18BrN3O4. The van der Waals surface area contributed by atoms with Crippen LogP contribution in [0, 0.1) is 0 Å². The second-order valence-corrected chi connectivity index (χ2v) is 5.89. The Morgan fingerprint density at radius 2 is 2.00 bits per heavy atom. The Morgan fingerprint density at radius 1 is 1.25 bits per heavy atom. The summed E-state index contributed by atoms with van der Waals surface area (Å²) in [5, 5.41) is 6.41. The summed E-state index contributed by atoms with van der Waals surface area (Å²) in [6, 6.07) is 7.26. The third kappa shape index (κ3) is 5.77. The van der Waals surface area contributed by atoms with Gasteiger partial charge in [0.05, 0.1) is 19.4 Å². The number of benzene rings is 1. The molecule has 7 nitrogen and oxygen atoms in total. The molecular weight excluding hydrogens is 378 g/mol. The number of aryl methyl sites for hydroxylation is 1. The summed E-state index contributed by atoms with van der Waals surface area (Å²) in [6.07, 6.45) is 1.21. The van der Waals surface area contributed by atoms with E-state index in [1.54, 1.807) is 19.1 Å². The standard InChI is InChI=1S/C16H18BrN3O4/c1-2-23-16(22)9-13(11-3-5-12(17)6-4-11)24-15(21)8-7-14-18-10-19-20-14/h3-6,10,13H,2,7-9H2,1H3,(H,18,19,20). The van der Waals surface area contributed by atoms with E-state index in [1.165, 1.54) is 6.33 Å². The molecule has 1 aromatic heterocycles. The van der Waals surface area contributed by atoms with Gasteiger partial charge >= 0.3 is 11.9 Å². The molecule has 24 heavy (non-hydrogen) atoms. The van der Waals surface area contributed by atoms with Gasteiger partial charge in [0, 0.05) is 10.9 Å². The lowest BCUT2D eigenvalue weighted by Gasteiger charge is -2.17. The van der Waals surface area contributed by atoms with Crippen LogP contribution in [0.5, 0.6) is 0 Å². The quantitative estimate of drug-likeness (QED) is 0.690. The summed E-state index contributed by atoms with van der Waals surface area (Å²) < 4.78 is 11.3. The summed E-state index contributed by atoms with van der Waals surface area (Å²) in [5.74, 6) is -0.213. The molecule has 128 valence electrons. The van der Waals surface area contributed by atoms with E-state index in [9.17, 15) is 9.59 Å². The maximum Gasteiger partial charge on any atom is 0.309 e. The van der Waals surface area contributed by atoms with Crippen LogP contribution in [0.3, 0.4) is 0 Å². The normalized spacial score (nSPS) is 11.8. The average Bonchev–Trinajstić information content (AvgIpc) is 3.07. The topological polar surface area (TPSA) is 94.2 Å². The van der Waals surface area contributed by atoms with Crippen molar-refractivity contribution in [3.8, 4) is 0 Å². The van der Waals surface area contributed by atoms with Crippen molar-refractivity contribution < 1.29 is 19.1 Å². The zero-order chi connectivity index (χ0) is 17.4. The Balaban J connectivity index is 1.99. The number of nitrogens with one attached hydrogen (secondary N) is 1. The molecule has 0 bridgehead atoms. The molecule has 0 saturated heterocycles. The van der Waals surface area contributed by atoms with Gasteiger partial charge < -0.3 is 9.47 Å². The van der Waals surface area contributed by atoms with E-state index in [-0.39, 0.29) is 19.4 Å². The Hall–Kier alpha value is -2.22. The Morgan fingerprint density at radius 3 is 2.62 bits per heavy atom. The summed E-state index contributed by atoms with van der Waals surface area (Å²) in [6.45, 7) is 2.02. The van der Waals surface area contributed by atoms with Crippen molar-refractivity contribution in [3.63, 3.8) is 0 Å². The van der Waals surface area contributed by atoms with E-state index >= 15 is 0 Å². The lowest BCUT2D eigenvalue weighted by Crippen LogP contribution is -2.17. The molecule has 0 spiro atoms. The van der Waals surface area contributed by atoms with Gasteiger partial charge in [-0.25, -0.2) is 4.98 Å². The first-order chi connectivity index (χ1) is 11.6. The van der Waals surface area contributed by atoms with Crippen LogP contribution < -0.4 is 0 Å². The number of halogens is 1. The maximum absolute atomic E-state index is 12.1. The number of carbonyl (C=O) groups excluding carboxylic acids is 2. The molecule has 2 rings (SSSR count). The lowest BCUT2D eigenvalue weighted by atomic mass is 10.1. The number of carbonyl (C=O) groups is 2. The van der Waals surface area contributed by atoms with Crippen molar-refractivity contribution in [2.75, 3.05) is 6.61 Å². The van der Waals surface area contributed by atoms with Gasteiger partial charge in [0.2, 0.25) is 0 Å². The third-order valence-corrected chi connectivity index (χ3v) is 3.73. The molecule has 2 aromatic rings. The molecule has 0 radical (unpaired) electrons. The predicted molar refractivity (Wildman–Crippen MR) is 88.9 cm³/mol. The highest BCUT2D eigenvalue weighted by Crippen LogP contribution is 2.24. The van der Waals surface area contributed by atoms with Crippen molar-refractivity contribution in [1.29, 1.82) is 0 Å². The van der Waals surface area contributed by atoms with Gasteiger partial charge in [-0.15, -0.1) is 0 Å². The van der Waals surface area contributed by atoms with Crippen molar-refractivity contribution in [3.05, 3.63) is 46.5 Å². The van der Waals surface area contributed by atoms with Crippen LogP contribution >= 0.6 is 15.9 Å². The first-order valence-corrected chi connectivity index (χ1v) is 8.32. The van der Waals surface area contributed by atoms with E-state index in [0.717, 1.165) is 10.0 Å². The molecule has 1 aromatic carbocycles. The molecule has 0 saturated carbocycles. The van der Waals surface area contributed by atoms with Crippen molar-refractivity contribution in [1.82, 2.24) is 15.2 Å². The highest BCUT2D eigenvalue weighted by molar-refractivity contribution is 9.10. The maximum atomic E-state index is 12.1. The number of hydrogen-bond acceptors (Lipinski definition) is 6. The Labute approximate surface area is 147 Å². The minimum Gasteiger partial charge on any atom is -0.466 e. The number of ether oxygens (including phenoxy) is 2. The molecule has 1 heterocycles. The van der Waals surface area contributed by atoms with Gasteiger partial charge in [-0.2, -0.15) is 5.10 Å². The summed E-state index contributed by atoms with van der Waals surface area (Å²) in [5.41, 5.74) is 0.735. The zero-order valence-corrected chi connectivity index (χ0v) is 14.8. The average molecular weight is 396 g/mol. The Kier molecular flexibility index (Phi) is 6.92. The van der Waals surface area contributed by atoms with Crippen LogP contribution in [0.1, 0.15) is 37.3 Å². The highest BCUT2D eigenvalue weighted by atomic mass is 79.9. The highest BCUT2D eigenvalue weighted by Gasteiger charge is 2.21. The van der Waals surface area contributed by atoms with E-state index in [1.807, 2.05) is 12.1 Å². The predicted octanol–water partition coefficient (Wildman–Crippen LogP) is 2.74. The first kappa shape index (κ1) is 18.1. The van der Waals surface area contributed by atoms with Gasteiger partial charge in [0.1, 0.15) is 18.3 Å². The van der Waals surface area contributed by atoms with E-state index in [4.69, 9.17) is 9.47 Å². The number of rotatable bonds is 8. The zero-order valence-electron chi connectivity index (χ0n) is 13.2. The van der Waals surface area contributed by atoms with E-state index < -0.39 is 18.0 Å². The lowest BCUT2D eigenvalue weighted by molar-refractivity contribution is -0.155. The second kappa shape index (κ2) is 9.17. The Bertz CT molecular complexity index is 658. The monoisotopic (exact) mass is 395 g/mol. The SMILES string of the molecule is CCOC(=O)CC(OC(=O)CCc1ncn[nH]1)c1ccc(Br)cc1. The number of aromatic nitrogens is 3. The fourth-order valence-corrected chi connectivity index (χ4v) is 2.33. The van der Waals surface area contributed by atoms with Crippen LogP contribution in [0.4, 0.5) is 0 Å². The van der Waals surface area contributed by atoms with Crippen LogP contribution in [-0.2, 0) is 25.5 Å². The minimum absolute atomic E-state index is 0.0243. The van der Waals surface area contributed by atoms with Gasteiger partial charge in [0.25, 0.3) is 0 Å². The second-order valence-electron chi connectivity index (χ2n) is 4.97. The number of H-pyrrole nitrogens is 1. The molecule has 8 heteroatoms. The summed E-state index contributed by atoms with van der Waals surface area (Å²) in [4.78, 5) is 27.8. The third-order valence-electron chi connectivity index (χ3n) is 3.20. The number of nitrogens with zero attached hydrogens (tertiary/aromatic N) is 2. The molecule has 0 aliphatic rings. The van der Waals surface area contributed by atoms with Gasteiger partial charge in [-0.1, -0.05) is 28.1 Å². The van der Waals surface area contributed by atoms with Crippen LogP contribution in [-0.4, -0.2) is 33.7 Å². The smallest absolute Gasteiger partial charge is 0.309 e. The fraction of sp³-hybridized carbons (Fsp3) is 0.375. The largest absolute Gasteiger partial charge is 0.466 e. The van der Waals surface area contributed by atoms with Crippen LogP contribution in [0.2, 0.25) is 0 Å². The number of aromatic amines is 1. The summed E-state index contributed by atoms with van der Waals surface area (Å²) >= 11 is 3.35. The van der Waals surface area contributed by atoms with E-state index in [0.29, 0.717) is 12.2 Å². The van der Waals surface area contributed by atoms with Crippen molar-refractivity contribution >= 4 is 27.9 Å². The molecule has 1 atom stereocenters. The minimum atomic E-state index is -0.681. The fourth-order valence-electron chi connectivity index (χ4n) is 2.07. The first-order valence-electron chi connectivity index (χ1n) is 7.53. The van der Waals surface area contributed by atoms with Gasteiger partial charge in [-0.05, 0) is 24.6 Å². The van der Waals surface area contributed by atoms with Crippen molar-refractivity contribution in [2.45, 2.75) is 32.3 Å². The van der Waals surface area contributed by atoms with E-state index in [2.05, 4.69) is 31.1 Å². The summed E-state index contributed by atoms with van der Waals surface area (Å²) in [7, 11) is 0. The molecule has 0 aliphatic heterocycles. The molecule has 1 N–H and O–H groups in total. The van der Waals surface area contributed by atoms with Gasteiger partial charge in [-0.3, -0.25) is 14.7 Å². The van der Waals surface area contributed by atoms with Gasteiger partial charge in [0.15, 0.2) is 0 Å². The van der Waals surface area contributed by atoms with Crippen LogP contribution in [0.25, 0.3) is 0 Å². The molecule has 0 aliphatic carbocycles. The molecule has 0 fully saturated rings. The number of hydrogen-bond donors (Lipinski definition) is 1. The molecule has 0 amide bonds. The number of esters is 2.